The molecule has 1 N–H and O–H groups in total. The Morgan fingerprint density at radius 1 is 1.03 bits per heavy atom. The van der Waals surface area contributed by atoms with Crippen LogP contribution in [-0.4, -0.2) is 10.5 Å². The van der Waals surface area contributed by atoms with Crippen molar-refractivity contribution in [2.45, 2.75) is 54.0 Å². The summed E-state index contributed by atoms with van der Waals surface area (Å²) in [4.78, 5) is 25.4. The van der Waals surface area contributed by atoms with Crippen molar-refractivity contribution >= 4 is 22.4 Å². The van der Waals surface area contributed by atoms with Gasteiger partial charge >= 0.3 is 0 Å². The van der Waals surface area contributed by atoms with Gasteiger partial charge in [0.2, 0.25) is 5.91 Å². The third-order valence-electron chi connectivity index (χ3n) is 5.06. The summed E-state index contributed by atoms with van der Waals surface area (Å²) in [5.74, 6) is -0.0451. The fourth-order valence-electron chi connectivity index (χ4n) is 3.65. The lowest BCUT2D eigenvalue weighted by Crippen LogP contribution is -2.26. The number of fused-ring (bicyclic) bond motifs is 1. The van der Waals surface area contributed by atoms with Gasteiger partial charge in [-0.05, 0) is 55.0 Å². The minimum atomic E-state index is -0.0451. The van der Waals surface area contributed by atoms with Crippen LogP contribution in [0.25, 0.3) is 10.8 Å². The average molecular weight is 391 g/mol. The summed E-state index contributed by atoms with van der Waals surface area (Å²) in [6, 6.07) is 13.7. The SMILES string of the molecule is Cc1ccc(CCC(=O)Nc2cccc3c(=O)n(CC(C)(C)C)ccc23)c(C)c1. The Kier molecular flexibility index (Phi) is 5.92. The number of benzene rings is 2. The van der Waals surface area contributed by atoms with Crippen molar-refractivity contribution in [1.82, 2.24) is 4.57 Å². The summed E-state index contributed by atoms with van der Waals surface area (Å²) in [5, 5.41) is 4.40. The zero-order valence-corrected chi connectivity index (χ0v) is 18.0. The van der Waals surface area contributed by atoms with Gasteiger partial charge in [-0.25, -0.2) is 0 Å². The third kappa shape index (κ3) is 5.14. The number of hydrogen-bond acceptors (Lipinski definition) is 2. The van der Waals surface area contributed by atoms with Crippen molar-refractivity contribution in [2.75, 3.05) is 5.32 Å². The van der Waals surface area contributed by atoms with Crippen molar-refractivity contribution in [3.05, 3.63) is 75.7 Å². The van der Waals surface area contributed by atoms with Crippen LogP contribution in [-0.2, 0) is 17.8 Å². The molecule has 1 amide bonds. The monoisotopic (exact) mass is 390 g/mol. The van der Waals surface area contributed by atoms with Gasteiger partial charge in [0.15, 0.2) is 0 Å². The van der Waals surface area contributed by atoms with Gasteiger partial charge in [-0.2, -0.15) is 0 Å². The number of aryl methyl sites for hydroxylation is 3. The van der Waals surface area contributed by atoms with Gasteiger partial charge < -0.3 is 9.88 Å². The normalized spacial score (nSPS) is 11.6. The zero-order chi connectivity index (χ0) is 21.2. The van der Waals surface area contributed by atoms with E-state index in [2.05, 4.69) is 58.1 Å². The van der Waals surface area contributed by atoms with Gasteiger partial charge in [0.25, 0.3) is 5.56 Å². The van der Waals surface area contributed by atoms with Crippen LogP contribution in [0, 0.1) is 19.3 Å². The Bertz CT molecular complexity index is 1100. The van der Waals surface area contributed by atoms with Crippen LogP contribution in [0.4, 0.5) is 5.69 Å². The minimum absolute atomic E-state index is 0.0113. The van der Waals surface area contributed by atoms with Crippen molar-refractivity contribution < 1.29 is 4.79 Å². The van der Waals surface area contributed by atoms with Crippen LogP contribution < -0.4 is 10.9 Å². The summed E-state index contributed by atoms with van der Waals surface area (Å²) in [6.07, 6.45) is 2.92. The number of carbonyl (C=O) groups is 1. The molecule has 3 aromatic rings. The first kappa shape index (κ1) is 20.8. The van der Waals surface area contributed by atoms with E-state index in [0.717, 1.165) is 5.39 Å². The molecule has 0 radical (unpaired) electrons. The molecule has 152 valence electrons. The van der Waals surface area contributed by atoms with Crippen molar-refractivity contribution in [3.8, 4) is 0 Å². The molecule has 0 fully saturated rings. The molecular weight excluding hydrogens is 360 g/mol. The number of nitrogens with zero attached hydrogens (tertiary/aromatic N) is 1. The Balaban J connectivity index is 1.78. The standard InChI is InChI=1S/C25H30N2O2/c1-17-9-10-19(18(2)15-17)11-12-23(28)26-22-8-6-7-21-20(22)13-14-27(24(21)29)16-25(3,4)5/h6-10,13-15H,11-12,16H2,1-5H3,(H,26,28). The fraction of sp³-hybridized carbons (Fsp3) is 0.360. The number of hydrogen-bond donors (Lipinski definition) is 1. The first-order chi connectivity index (χ1) is 13.6. The largest absolute Gasteiger partial charge is 0.326 e. The van der Waals surface area contributed by atoms with E-state index in [-0.39, 0.29) is 16.9 Å². The number of aromatic nitrogens is 1. The van der Waals surface area contributed by atoms with Crippen molar-refractivity contribution in [2.24, 2.45) is 5.41 Å². The lowest BCUT2D eigenvalue weighted by atomic mass is 9.96. The van der Waals surface area contributed by atoms with Gasteiger partial charge in [-0.1, -0.05) is 50.6 Å². The molecule has 0 atom stereocenters. The summed E-state index contributed by atoms with van der Waals surface area (Å²) >= 11 is 0. The Morgan fingerprint density at radius 3 is 2.48 bits per heavy atom. The van der Waals surface area contributed by atoms with Gasteiger partial charge in [0.05, 0.1) is 0 Å². The van der Waals surface area contributed by atoms with E-state index in [4.69, 9.17) is 0 Å². The predicted molar refractivity (Wildman–Crippen MR) is 121 cm³/mol. The predicted octanol–water partition coefficient (Wildman–Crippen LogP) is 5.24. The molecule has 4 heteroatoms. The van der Waals surface area contributed by atoms with E-state index in [1.54, 1.807) is 4.57 Å². The van der Waals surface area contributed by atoms with Gasteiger partial charge in [0.1, 0.15) is 0 Å². The number of nitrogens with one attached hydrogen (secondary N) is 1. The highest BCUT2D eigenvalue weighted by Gasteiger charge is 2.14. The minimum Gasteiger partial charge on any atom is -0.326 e. The molecule has 0 saturated heterocycles. The van der Waals surface area contributed by atoms with Gasteiger partial charge in [-0.15, -0.1) is 0 Å². The van der Waals surface area contributed by atoms with E-state index >= 15 is 0 Å². The summed E-state index contributed by atoms with van der Waals surface area (Å²) in [6.45, 7) is 11.1. The Morgan fingerprint density at radius 2 is 1.79 bits per heavy atom. The highest BCUT2D eigenvalue weighted by atomic mass is 16.1. The quantitative estimate of drug-likeness (QED) is 0.648. The molecule has 0 aliphatic carbocycles. The van der Waals surface area contributed by atoms with Crippen LogP contribution in [0.5, 0.6) is 0 Å². The summed E-state index contributed by atoms with van der Waals surface area (Å²) < 4.78 is 1.74. The summed E-state index contributed by atoms with van der Waals surface area (Å²) in [7, 11) is 0. The topological polar surface area (TPSA) is 51.1 Å². The average Bonchev–Trinajstić information content (AvgIpc) is 2.63. The van der Waals surface area contributed by atoms with Crippen LogP contribution in [0.3, 0.4) is 0 Å². The Labute approximate surface area is 172 Å². The number of rotatable bonds is 5. The maximum absolute atomic E-state index is 12.9. The molecule has 0 unspecified atom stereocenters. The van der Waals surface area contributed by atoms with Gasteiger partial charge in [-0.3, -0.25) is 9.59 Å². The molecule has 0 aliphatic rings. The maximum Gasteiger partial charge on any atom is 0.258 e. The second kappa shape index (κ2) is 8.24. The highest BCUT2D eigenvalue weighted by molar-refractivity contribution is 6.01. The molecule has 0 bridgehead atoms. The first-order valence-electron chi connectivity index (χ1n) is 10.1. The summed E-state index contributed by atoms with van der Waals surface area (Å²) in [5.41, 5.74) is 4.30. The molecule has 0 aliphatic heterocycles. The van der Waals surface area contributed by atoms with Crippen LogP contribution in [0.1, 0.15) is 43.9 Å². The van der Waals surface area contributed by atoms with Crippen molar-refractivity contribution in [3.63, 3.8) is 0 Å². The number of pyridine rings is 1. The third-order valence-corrected chi connectivity index (χ3v) is 5.06. The fourth-order valence-corrected chi connectivity index (χ4v) is 3.65. The second-order valence-corrected chi connectivity index (χ2v) is 9.05. The lowest BCUT2D eigenvalue weighted by molar-refractivity contribution is -0.116. The molecule has 0 saturated carbocycles. The molecule has 3 rings (SSSR count). The smallest absolute Gasteiger partial charge is 0.258 e. The molecule has 2 aromatic carbocycles. The van der Waals surface area contributed by atoms with E-state index < -0.39 is 0 Å². The van der Waals surface area contributed by atoms with E-state index in [1.165, 1.54) is 16.7 Å². The molecule has 29 heavy (non-hydrogen) atoms. The van der Waals surface area contributed by atoms with E-state index in [0.29, 0.717) is 30.5 Å². The lowest BCUT2D eigenvalue weighted by Gasteiger charge is -2.20. The number of carbonyl (C=O) groups excluding carboxylic acids is 1. The van der Waals surface area contributed by atoms with Crippen LogP contribution in [0.15, 0.2) is 53.5 Å². The molecule has 1 aromatic heterocycles. The first-order valence-corrected chi connectivity index (χ1v) is 10.1. The van der Waals surface area contributed by atoms with E-state index in [1.807, 2.05) is 30.5 Å². The number of amides is 1. The molecule has 0 spiro atoms. The zero-order valence-electron chi connectivity index (χ0n) is 18.0. The van der Waals surface area contributed by atoms with Crippen molar-refractivity contribution in [1.29, 1.82) is 0 Å². The van der Waals surface area contributed by atoms with E-state index in [9.17, 15) is 9.59 Å². The maximum atomic E-state index is 12.9. The second-order valence-electron chi connectivity index (χ2n) is 9.05. The number of anilines is 1. The van der Waals surface area contributed by atoms with Crippen LogP contribution in [0.2, 0.25) is 0 Å². The highest BCUT2D eigenvalue weighted by Crippen LogP contribution is 2.23. The van der Waals surface area contributed by atoms with Gasteiger partial charge in [0, 0.05) is 35.6 Å². The Hall–Kier alpha value is -2.88. The molecule has 4 nitrogen and oxygen atoms in total. The molecule has 1 heterocycles. The van der Waals surface area contributed by atoms with Crippen LogP contribution >= 0.6 is 0 Å². The molecular formula is C25H30N2O2.